The Bertz CT molecular complexity index is 3160. The van der Waals surface area contributed by atoms with Crippen molar-refractivity contribution < 1.29 is 8.83 Å². The Kier molecular flexibility index (Phi) is 6.05. The summed E-state index contributed by atoms with van der Waals surface area (Å²) in [5, 5.41) is 6.62. The fourth-order valence-electron chi connectivity index (χ4n) is 7.37. The summed E-state index contributed by atoms with van der Waals surface area (Å²) in [6, 6.07) is 52.0. The molecule has 0 aliphatic carbocycles. The molecule has 0 N–H and O–H groups in total. The summed E-state index contributed by atoms with van der Waals surface area (Å²) in [6.45, 7) is 0. The van der Waals surface area contributed by atoms with E-state index in [1.54, 1.807) is 11.3 Å². The summed E-state index contributed by atoms with van der Waals surface area (Å²) < 4.78 is 15.8. The summed E-state index contributed by atoms with van der Waals surface area (Å²) in [5.41, 5.74) is 7.85. The highest BCUT2D eigenvalue weighted by molar-refractivity contribution is 7.25. The van der Waals surface area contributed by atoms with E-state index in [-0.39, 0.29) is 0 Å². The van der Waals surface area contributed by atoms with E-state index in [9.17, 15) is 0 Å². The molecule has 0 aliphatic heterocycles. The van der Waals surface area contributed by atoms with E-state index in [1.807, 2.05) is 54.6 Å². The van der Waals surface area contributed by atoms with Crippen LogP contribution in [0.25, 0.3) is 109 Å². The number of nitrogens with zero attached hydrogens (tertiary/aromatic N) is 3. The Morgan fingerprint density at radius 2 is 0.902 bits per heavy atom. The zero-order valence-electron chi connectivity index (χ0n) is 27.0. The van der Waals surface area contributed by atoms with Gasteiger partial charge in [-0.3, -0.25) is 0 Å². The molecule has 0 radical (unpaired) electrons. The molecule has 51 heavy (non-hydrogen) atoms. The Hall–Kier alpha value is -6.63. The van der Waals surface area contributed by atoms with Gasteiger partial charge in [-0.25, -0.2) is 15.0 Å². The molecule has 4 aromatic heterocycles. The van der Waals surface area contributed by atoms with Crippen LogP contribution in [-0.2, 0) is 0 Å². The molecular weight excluding hydrogens is 647 g/mol. The number of aromatic nitrogens is 3. The first-order chi connectivity index (χ1) is 25.3. The van der Waals surface area contributed by atoms with Gasteiger partial charge in [-0.15, -0.1) is 11.3 Å². The largest absolute Gasteiger partial charge is 0.455 e. The van der Waals surface area contributed by atoms with Gasteiger partial charge in [0.1, 0.15) is 22.3 Å². The monoisotopic (exact) mass is 671 g/mol. The van der Waals surface area contributed by atoms with Crippen molar-refractivity contribution in [3.05, 3.63) is 152 Å². The first-order valence-electron chi connectivity index (χ1n) is 16.9. The van der Waals surface area contributed by atoms with E-state index < -0.39 is 0 Å². The maximum Gasteiger partial charge on any atom is 0.167 e. The zero-order chi connectivity index (χ0) is 33.5. The molecule has 0 fully saturated rings. The third-order valence-electron chi connectivity index (χ3n) is 9.76. The number of benzene rings is 7. The third kappa shape index (κ3) is 4.37. The van der Waals surface area contributed by atoms with Gasteiger partial charge in [0.05, 0.1) is 5.56 Å². The quantitative estimate of drug-likeness (QED) is 0.186. The summed E-state index contributed by atoms with van der Waals surface area (Å²) in [7, 11) is 0. The number of hydrogen-bond donors (Lipinski definition) is 0. The van der Waals surface area contributed by atoms with E-state index in [0.29, 0.717) is 17.5 Å². The molecule has 4 heterocycles. The van der Waals surface area contributed by atoms with Gasteiger partial charge in [-0.05, 0) is 36.4 Å². The first-order valence-corrected chi connectivity index (χ1v) is 17.7. The minimum Gasteiger partial charge on any atom is -0.455 e. The Balaban J connectivity index is 1.13. The molecule has 0 atom stereocenters. The lowest BCUT2D eigenvalue weighted by Gasteiger charge is -2.09. The van der Waals surface area contributed by atoms with Crippen molar-refractivity contribution in [1.29, 1.82) is 0 Å². The number of rotatable bonds is 4. The number of thiophene rings is 1. The zero-order valence-corrected chi connectivity index (χ0v) is 27.8. The van der Waals surface area contributed by atoms with Crippen LogP contribution in [0.15, 0.2) is 160 Å². The van der Waals surface area contributed by atoms with Gasteiger partial charge in [-0.2, -0.15) is 0 Å². The molecule has 5 nitrogen and oxygen atoms in total. The van der Waals surface area contributed by atoms with Crippen LogP contribution in [0.1, 0.15) is 0 Å². The van der Waals surface area contributed by atoms with E-state index in [0.717, 1.165) is 71.7 Å². The van der Waals surface area contributed by atoms with Crippen LogP contribution in [-0.4, -0.2) is 15.0 Å². The molecule has 6 heteroatoms. The second kappa shape index (κ2) is 10.9. The molecule has 0 aliphatic rings. The summed E-state index contributed by atoms with van der Waals surface area (Å²) in [6.07, 6.45) is 0. The van der Waals surface area contributed by atoms with Crippen LogP contribution in [0.5, 0.6) is 0 Å². The maximum atomic E-state index is 6.89. The standard InChI is InChI=1S/C45H25N3O2S/c1-2-11-26(12-3-1)43-46-44(27-23-24-39-36(25-27)29-14-5-7-22-38(29)51-39)48-45(47-43)35-20-10-19-34-33-18-9-17-32(41(33)50-42(34)35)31-16-8-15-30-28-13-4-6-21-37(28)49-40(30)31/h1-25H. The van der Waals surface area contributed by atoms with Crippen molar-refractivity contribution in [2.45, 2.75) is 0 Å². The molecule has 0 saturated carbocycles. The minimum absolute atomic E-state index is 0.555. The number of para-hydroxylation sites is 4. The molecular formula is C45H25N3O2S. The molecule has 11 rings (SSSR count). The number of fused-ring (bicyclic) bond motifs is 9. The molecule has 0 bridgehead atoms. The lowest BCUT2D eigenvalue weighted by atomic mass is 9.99. The average molecular weight is 672 g/mol. The smallest absolute Gasteiger partial charge is 0.167 e. The van der Waals surface area contributed by atoms with Crippen molar-refractivity contribution in [3.8, 4) is 45.3 Å². The Labute approximate surface area is 295 Å². The SMILES string of the molecule is c1ccc(-c2nc(-c3ccc4sc5ccccc5c4c3)nc(-c3cccc4c3oc3c(-c5cccc6c5oc5ccccc56)cccc34)n2)cc1. The van der Waals surface area contributed by atoms with Gasteiger partial charge < -0.3 is 8.83 Å². The lowest BCUT2D eigenvalue weighted by Crippen LogP contribution is -2.00. The number of furan rings is 2. The van der Waals surface area contributed by atoms with Gasteiger partial charge in [0.2, 0.25) is 0 Å². The van der Waals surface area contributed by atoms with Crippen molar-refractivity contribution >= 4 is 75.4 Å². The second-order valence-corrected chi connectivity index (χ2v) is 13.8. The van der Waals surface area contributed by atoms with Crippen molar-refractivity contribution in [3.63, 3.8) is 0 Å². The van der Waals surface area contributed by atoms with E-state index in [4.69, 9.17) is 23.8 Å². The predicted molar refractivity (Wildman–Crippen MR) is 209 cm³/mol. The van der Waals surface area contributed by atoms with Crippen LogP contribution in [0, 0.1) is 0 Å². The summed E-state index contributed by atoms with van der Waals surface area (Å²) in [4.78, 5) is 15.2. The third-order valence-corrected chi connectivity index (χ3v) is 10.9. The van der Waals surface area contributed by atoms with Crippen LogP contribution >= 0.6 is 11.3 Å². The topological polar surface area (TPSA) is 65.0 Å². The summed E-state index contributed by atoms with van der Waals surface area (Å²) >= 11 is 1.80. The van der Waals surface area contributed by atoms with Crippen molar-refractivity contribution in [1.82, 2.24) is 15.0 Å². The highest BCUT2D eigenvalue weighted by atomic mass is 32.1. The molecule has 238 valence electrons. The van der Waals surface area contributed by atoms with Gasteiger partial charge in [0, 0.05) is 64.0 Å². The highest BCUT2D eigenvalue weighted by Gasteiger charge is 2.21. The van der Waals surface area contributed by atoms with Gasteiger partial charge in [-0.1, -0.05) is 115 Å². The molecule has 0 saturated heterocycles. The number of hydrogen-bond acceptors (Lipinski definition) is 6. The average Bonchev–Trinajstić information content (AvgIpc) is 3.89. The normalized spacial score (nSPS) is 11.9. The van der Waals surface area contributed by atoms with Crippen LogP contribution in [0.3, 0.4) is 0 Å². The Morgan fingerprint density at radius 3 is 1.69 bits per heavy atom. The van der Waals surface area contributed by atoms with Crippen LogP contribution in [0.2, 0.25) is 0 Å². The van der Waals surface area contributed by atoms with Crippen molar-refractivity contribution in [2.24, 2.45) is 0 Å². The fourth-order valence-corrected chi connectivity index (χ4v) is 8.46. The van der Waals surface area contributed by atoms with E-state index >= 15 is 0 Å². The first kappa shape index (κ1) is 28.2. The predicted octanol–water partition coefficient (Wildman–Crippen LogP) is 12.7. The molecule has 0 unspecified atom stereocenters. The molecule has 11 aromatic rings. The van der Waals surface area contributed by atoms with E-state index in [1.165, 1.54) is 20.2 Å². The van der Waals surface area contributed by atoms with Crippen molar-refractivity contribution in [2.75, 3.05) is 0 Å². The van der Waals surface area contributed by atoms with Crippen LogP contribution < -0.4 is 0 Å². The van der Waals surface area contributed by atoms with Gasteiger partial charge in [0.25, 0.3) is 0 Å². The van der Waals surface area contributed by atoms with Crippen LogP contribution in [0.4, 0.5) is 0 Å². The minimum atomic E-state index is 0.555. The maximum absolute atomic E-state index is 6.89. The lowest BCUT2D eigenvalue weighted by molar-refractivity contribution is 0.665. The summed E-state index contributed by atoms with van der Waals surface area (Å²) in [5.74, 6) is 1.78. The van der Waals surface area contributed by atoms with Gasteiger partial charge >= 0.3 is 0 Å². The second-order valence-electron chi connectivity index (χ2n) is 12.7. The molecule has 0 spiro atoms. The molecule has 7 aromatic carbocycles. The van der Waals surface area contributed by atoms with Gasteiger partial charge in [0.15, 0.2) is 17.5 Å². The van der Waals surface area contributed by atoms with E-state index in [2.05, 4.69) is 97.1 Å². The Morgan fingerprint density at radius 1 is 0.353 bits per heavy atom. The highest BCUT2D eigenvalue weighted by Crippen LogP contribution is 2.43. The fraction of sp³-hybridized carbons (Fsp3) is 0. The molecule has 0 amide bonds.